The molecule has 1 amide bonds. The number of nitrogens with one attached hydrogen (secondary N) is 1. The molecule has 39 heavy (non-hydrogen) atoms. The molecule has 1 heterocycles. The van der Waals surface area contributed by atoms with Crippen molar-refractivity contribution < 1.29 is 14.3 Å². The summed E-state index contributed by atoms with van der Waals surface area (Å²) in [5, 5.41) is 2.71. The Kier molecular flexibility index (Phi) is 8.45. The van der Waals surface area contributed by atoms with Crippen molar-refractivity contribution in [3.05, 3.63) is 113 Å². The molecular formula is C32H29N3O3S. The number of ether oxygens (including phenoxy) is 1. The quantitative estimate of drug-likeness (QED) is 0.203. The molecule has 0 saturated carbocycles. The fraction of sp³-hybridized carbons (Fsp3) is 0.219. The van der Waals surface area contributed by atoms with Crippen LogP contribution in [-0.2, 0) is 18.7 Å². The van der Waals surface area contributed by atoms with Crippen molar-refractivity contribution in [2.24, 2.45) is 0 Å². The number of terminal acetylenes is 1. The first kappa shape index (κ1) is 26.3. The van der Waals surface area contributed by atoms with Crippen molar-refractivity contribution in [2.75, 3.05) is 6.54 Å². The van der Waals surface area contributed by atoms with E-state index in [1.807, 2.05) is 59.3 Å². The number of aromatic nitrogens is 2. The summed E-state index contributed by atoms with van der Waals surface area (Å²) in [5.41, 5.74) is 4.50. The van der Waals surface area contributed by atoms with Crippen LogP contribution in [0.5, 0.6) is 5.75 Å². The van der Waals surface area contributed by atoms with Crippen LogP contribution < -0.4 is 10.1 Å². The Balaban J connectivity index is 1.45. The number of Topliss-reactive ketones (excluding diaryl/α,β-unsaturated/α-hetero) is 1. The molecule has 1 aliphatic carbocycles. The predicted octanol–water partition coefficient (Wildman–Crippen LogP) is 5.88. The number of thioether (sulfide) groups is 1. The molecule has 0 radical (unpaired) electrons. The topological polar surface area (TPSA) is 73.2 Å². The van der Waals surface area contributed by atoms with Crippen LogP contribution in [0.1, 0.15) is 56.4 Å². The van der Waals surface area contributed by atoms with E-state index in [9.17, 15) is 9.59 Å². The molecule has 0 fully saturated rings. The summed E-state index contributed by atoms with van der Waals surface area (Å²) in [4.78, 5) is 30.3. The van der Waals surface area contributed by atoms with E-state index in [2.05, 4.69) is 28.4 Å². The third-order valence-electron chi connectivity index (χ3n) is 6.73. The van der Waals surface area contributed by atoms with E-state index in [1.165, 1.54) is 0 Å². The van der Waals surface area contributed by atoms with Gasteiger partial charge in [0, 0.05) is 46.2 Å². The molecular weight excluding hydrogens is 506 g/mol. The van der Waals surface area contributed by atoms with E-state index in [-0.39, 0.29) is 24.3 Å². The van der Waals surface area contributed by atoms with Crippen LogP contribution in [0.15, 0.2) is 90.3 Å². The average Bonchev–Trinajstić information content (AvgIpc) is 3.49. The normalized spacial score (nSPS) is 13.3. The number of amides is 1. The minimum atomic E-state index is -0.246. The van der Waals surface area contributed by atoms with Gasteiger partial charge in [-0.05, 0) is 54.3 Å². The number of nitrogens with zero attached hydrogens (tertiary/aromatic N) is 2. The molecule has 5 rings (SSSR count). The molecule has 1 N–H and O–H groups in total. The maximum Gasteiger partial charge on any atom is 0.252 e. The molecule has 7 heteroatoms. The minimum absolute atomic E-state index is 0.180. The average molecular weight is 536 g/mol. The number of ketones is 1. The number of fused-ring (bicyclic) bond motifs is 1. The van der Waals surface area contributed by atoms with Crippen molar-refractivity contribution >= 4 is 23.5 Å². The summed E-state index contributed by atoms with van der Waals surface area (Å²) in [6.07, 6.45) is 12.7. The predicted molar refractivity (Wildman–Crippen MR) is 153 cm³/mol. The maximum absolute atomic E-state index is 12.8. The van der Waals surface area contributed by atoms with Gasteiger partial charge < -0.3 is 14.6 Å². The Hall–Kier alpha value is -4.28. The zero-order valence-corrected chi connectivity index (χ0v) is 22.3. The van der Waals surface area contributed by atoms with Crippen LogP contribution in [0, 0.1) is 12.3 Å². The van der Waals surface area contributed by atoms with Gasteiger partial charge in [0.25, 0.3) is 5.91 Å². The largest absolute Gasteiger partial charge is 0.484 e. The summed E-state index contributed by atoms with van der Waals surface area (Å²) in [5.74, 6) is 3.78. The smallest absolute Gasteiger partial charge is 0.252 e. The number of hydrogen-bond acceptors (Lipinski definition) is 5. The van der Waals surface area contributed by atoms with Crippen LogP contribution in [-0.4, -0.2) is 27.8 Å². The molecule has 3 aromatic carbocycles. The van der Waals surface area contributed by atoms with Gasteiger partial charge in [0.05, 0.1) is 19.4 Å². The molecule has 0 spiro atoms. The maximum atomic E-state index is 12.8. The molecule has 1 aliphatic rings. The van der Waals surface area contributed by atoms with Crippen molar-refractivity contribution in [1.29, 1.82) is 0 Å². The number of carbonyl (C=O) groups is 2. The second-order valence-electron chi connectivity index (χ2n) is 9.33. The van der Waals surface area contributed by atoms with Crippen molar-refractivity contribution in [1.82, 2.24) is 14.9 Å². The molecule has 1 aromatic heterocycles. The second-order valence-corrected chi connectivity index (χ2v) is 10.4. The Bertz CT molecular complexity index is 1490. The first-order valence-electron chi connectivity index (χ1n) is 12.9. The summed E-state index contributed by atoms with van der Waals surface area (Å²) < 4.78 is 8.75. The lowest BCUT2D eigenvalue weighted by atomic mass is 9.87. The van der Waals surface area contributed by atoms with Crippen molar-refractivity contribution in [3.63, 3.8) is 0 Å². The van der Waals surface area contributed by atoms with E-state index >= 15 is 0 Å². The molecule has 1 unspecified atom stereocenters. The molecule has 0 bridgehead atoms. The van der Waals surface area contributed by atoms with E-state index < -0.39 is 0 Å². The fourth-order valence-electron chi connectivity index (χ4n) is 4.78. The van der Waals surface area contributed by atoms with Crippen molar-refractivity contribution in [3.8, 4) is 18.1 Å². The molecule has 0 aliphatic heterocycles. The standard InChI is InChI=1S/C32H29N3O3S/c1-2-16-34-32(37)24-10-6-11-25(19-24)39-21-28-26-12-7-13-29(36)27(26)14-15-30(28)38-31(20-35-18-17-33-22-35)23-8-4-3-5-9-23/h1,3-6,8-11,14-15,17-19,22,31H,7,12-13,16,20-21H2,(H,34,37). The van der Waals surface area contributed by atoms with E-state index in [1.54, 1.807) is 30.4 Å². The van der Waals surface area contributed by atoms with Gasteiger partial charge in [-0.2, -0.15) is 0 Å². The Morgan fingerprint density at radius 1 is 1.13 bits per heavy atom. The lowest BCUT2D eigenvalue weighted by Gasteiger charge is -2.25. The molecule has 0 saturated heterocycles. The van der Waals surface area contributed by atoms with Crippen LogP contribution in [0.25, 0.3) is 0 Å². The van der Waals surface area contributed by atoms with Gasteiger partial charge in [-0.3, -0.25) is 9.59 Å². The highest BCUT2D eigenvalue weighted by Crippen LogP contribution is 2.38. The molecule has 4 aromatic rings. The first-order chi connectivity index (χ1) is 19.1. The number of carbonyl (C=O) groups excluding carboxylic acids is 2. The summed E-state index contributed by atoms with van der Waals surface area (Å²) in [7, 11) is 0. The number of benzene rings is 3. The van der Waals surface area contributed by atoms with Gasteiger partial charge >= 0.3 is 0 Å². The van der Waals surface area contributed by atoms with E-state index in [4.69, 9.17) is 11.2 Å². The molecule has 6 nitrogen and oxygen atoms in total. The van der Waals surface area contributed by atoms with Gasteiger partial charge in [-0.1, -0.05) is 42.3 Å². The van der Waals surface area contributed by atoms with E-state index in [0.717, 1.165) is 45.7 Å². The SMILES string of the molecule is C#CCNC(=O)c1cccc(SCc2c(OC(Cn3ccnc3)c3ccccc3)ccc3c2CCCC3=O)c1. The van der Waals surface area contributed by atoms with Gasteiger partial charge in [0.1, 0.15) is 11.9 Å². The van der Waals surface area contributed by atoms with Crippen LogP contribution >= 0.6 is 11.8 Å². The monoisotopic (exact) mass is 535 g/mol. The zero-order valence-electron chi connectivity index (χ0n) is 21.5. The summed E-state index contributed by atoms with van der Waals surface area (Å²) in [6.45, 7) is 0.782. The summed E-state index contributed by atoms with van der Waals surface area (Å²) >= 11 is 1.62. The minimum Gasteiger partial charge on any atom is -0.484 e. The van der Waals surface area contributed by atoms with Crippen LogP contribution in [0.3, 0.4) is 0 Å². The molecule has 1 atom stereocenters. The second kappa shape index (κ2) is 12.5. The van der Waals surface area contributed by atoms with Crippen LogP contribution in [0.2, 0.25) is 0 Å². The summed E-state index contributed by atoms with van der Waals surface area (Å²) in [6, 6.07) is 21.5. The van der Waals surface area contributed by atoms with Gasteiger partial charge in [0.15, 0.2) is 5.78 Å². The molecule has 196 valence electrons. The highest BCUT2D eigenvalue weighted by Gasteiger charge is 2.25. The Labute approximate surface area is 232 Å². The van der Waals surface area contributed by atoms with Gasteiger partial charge in [-0.25, -0.2) is 4.98 Å². The highest BCUT2D eigenvalue weighted by atomic mass is 32.2. The van der Waals surface area contributed by atoms with Gasteiger partial charge in [-0.15, -0.1) is 18.2 Å². The third kappa shape index (κ3) is 6.42. The number of imidazole rings is 1. The zero-order chi connectivity index (χ0) is 27.0. The Morgan fingerprint density at radius 3 is 2.79 bits per heavy atom. The third-order valence-corrected chi connectivity index (χ3v) is 7.75. The van der Waals surface area contributed by atoms with Crippen molar-refractivity contribution in [2.45, 2.75) is 42.6 Å². The number of rotatable bonds is 10. The Morgan fingerprint density at radius 2 is 2.00 bits per heavy atom. The first-order valence-corrected chi connectivity index (χ1v) is 13.9. The fourth-order valence-corrected chi connectivity index (χ4v) is 5.79. The lowest BCUT2D eigenvalue weighted by Crippen LogP contribution is -2.23. The number of hydrogen-bond donors (Lipinski definition) is 1. The lowest BCUT2D eigenvalue weighted by molar-refractivity contribution is 0.0954. The highest BCUT2D eigenvalue weighted by molar-refractivity contribution is 7.98. The van der Waals surface area contributed by atoms with Crippen LogP contribution in [0.4, 0.5) is 0 Å². The van der Waals surface area contributed by atoms with Gasteiger partial charge in [0.2, 0.25) is 0 Å². The van der Waals surface area contributed by atoms with E-state index in [0.29, 0.717) is 24.3 Å².